The molecular formula is C15H12F3N3O. The molecule has 0 amide bonds. The predicted molar refractivity (Wildman–Crippen MR) is 77.1 cm³/mol. The normalized spacial score (nSPS) is 11.6. The molecule has 0 aliphatic rings. The number of aryl methyl sites for hydroxylation is 1. The minimum absolute atomic E-state index is 0.193. The van der Waals surface area contributed by atoms with E-state index in [0.29, 0.717) is 5.95 Å². The Hall–Kier alpha value is -2.70. The molecule has 22 heavy (non-hydrogen) atoms. The van der Waals surface area contributed by atoms with Crippen molar-refractivity contribution in [1.29, 1.82) is 0 Å². The van der Waals surface area contributed by atoms with Crippen LogP contribution in [0.3, 0.4) is 0 Å². The second kappa shape index (κ2) is 5.25. The number of benzene rings is 2. The molecule has 7 heteroatoms. The zero-order chi connectivity index (χ0) is 15.7. The summed E-state index contributed by atoms with van der Waals surface area (Å²) in [4.78, 5) is 4.36. The maximum Gasteiger partial charge on any atom is 0.573 e. The number of alkyl halides is 3. The number of halogens is 3. The van der Waals surface area contributed by atoms with Gasteiger partial charge in [0, 0.05) is 7.05 Å². The Kier molecular flexibility index (Phi) is 3.40. The third kappa shape index (κ3) is 2.83. The van der Waals surface area contributed by atoms with Crippen molar-refractivity contribution in [2.45, 2.75) is 6.36 Å². The lowest BCUT2D eigenvalue weighted by Gasteiger charge is -2.14. The first-order chi connectivity index (χ1) is 10.4. The van der Waals surface area contributed by atoms with Crippen molar-refractivity contribution < 1.29 is 17.9 Å². The Morgan fingerprint density at radius 3 is 2.45 bits per heavy atom. The first-order valence-corrected chi connectivity index (χ1v) is 6.47. The fourth-order valence-electron chi connectivity index (χ4n) is 2.16. The maximum absolute atomic E-state index is 12.4. The van der Waals surface area contributed by atoms with Gasteiger partial charge in [-0.2, -0.15) is 0 Å². The summed E-state index contributed by atoms with van der Waals surface area (Å²) in [7, 11) is 1.78. The van der Waals surface area contributed by atoms with Gasteiger partial charge in [-0.1, -0.05) is 24.3 Å². The van der Waals surface area contributed by atoms with Crippen molar-refractivity contribution >= 4 is 22.7 Å². The van der Waals surface area contributed by atoms with Gasteiger partial charge in [-0.25, -0.2) is 4.98 Å². The maximum atomic E-state index is 12.4. The van der Waals surface area contributed by atoms with Gasteiger partial charge >= 0.3 is 6.36 Å². The van der Waals surface area contributed by atoms with Gasteiger partial charge in [-0.3, -0.25) is 0 Å². The summed E-state index contributed by atoms with van der Waals surface area (Å²) in [5.74, 6) is 0.126. The molecule has 0 saturated heterocycles. The lowest BCUT2D eigenvalue weighted by molar-refractivity contribution is -0.274. The van der Waals surface area contributed by atoms with Gasteiger partial charge in [-0.15, -0.1) is 13.2 Å². The molecule has 3 aromatic rings. The van der Waals surface area contributed by atoms with E-state index in [2.05, 4.69) is 15.0 Å². The van der Waals surface area contributed by atoms with Gasteiger partial charge in [0.2, 0.25) is 5.95 Å². The molecule has 0 aliphatic carbocycles. The number of fused-ring (bicyclic) bond motifs is 1. The van der Waals surface area contributed by atoms with Gasteiger partial charge in [0.1, 0.15) is 0 Å². The number of rotatable bonds is 3. The molecule has 0 bridgehead atoms. The summed E-state index contributed by atoms with van der Waals surface area (Å²) in [5, 5.41) is 2.88. The van der Waals surface area contributed by atoms with Crippen LogP contribution in [0.25, 0.3) is 11.0 Å². The van der Waals surface area contributed by atoms with Crippen LogP contribution in [-0.2, 0) is 7.05 Å². The summed E-state index contributed by atoms with van der Waals surface area (Å²) in [5.41, 5.74) is 1.82. The van der Waals surface area contributed by atoms with Gasteiger partial charge in [0.15, 0.2) is 5.75 Å². The Morgan fingerprint density at radius 2 is 1.73 bits per heavy atom. The highest BCUT2D eigenvalue weighted by Gasteiger charge is 2.32. The lowest BCUT2D eigenvalue weighted by Crippen LogP contribution is -2.18. The largest absolute Gasteiger partial charge is 0.573 e. The zero-order valence-electron chi connectivity index (χ0n) is 11.6. The average molecular weight is 307 g/mol. The van der Waals surface area contributed by atoms with Crippen molar-refractivity contribution in [3.63, 3.8) is 0 Å². The van der Waals surface area contributed by atoms with Crippen molar-refractivity contribution in [2.75, 3.05) is 5.32 Å². The number of para-hydroxylation sites is 4. The van der Waals surface area contributed by atoms with Crippen LogP contribution in [-0.4, -0.2) is 15.9 Å². The smallest absolute Gasteiger partial charge is 0.404 e. The van der Waals surface area contributed by atoms with E-state index in [1.54, 1.807) is 17.7 Å². The van der Waals surface area contributed by atoms with Gasteiger partial charge in [-0.05, 0) is 24.3 Å². The average Bonchev–Trinajstić information content (AvgIpc) is 2.77. The van der Waals surface area contributed by atoms with Crippen LogP contribution in [0.15, 0.2) is 48.5 Å². The van der Waals surface area contributed by atoms with Crippen LogP contribution < -0.4 is 10.1 Å². The standard InChI is InChI=1S/C15H12F3N3O/c1-21-12-8-4-2-6-10(12)19-14(21)20-11-7-3-5-9-13(11)22-15(16,17)18/h2-9H,1H3,(H,19,20). The van der Waals surface area contributed by atoms with Crippen molar-refractivity contribution in [3.8, 4) is 5.75 Å². The summed E-state index contributed by atoms with van der Waals surface area (Å²) >= 11 is 0. The third-order valence-electron chi connectivity index (χ3n) is 3.15. The molecule has 1 heterocycles. The highest BCUT2D eigenvalue weighted by Crippen LogP contribution is 2.32. The number of hydrogen-bond acceptors (Lipinski definition) is 3. The van der Waals surface area contributed by atoms with E-state index in [4.69, 9.17) is 0 Å². The second-order valence-electron chi connectivity index (χ2n) is 4.65. The topological polar surface area (TPSA) is 39.1 Å². The molecule has 0 fully saturated rings. The van der Waals surface area contributed by atoms with E-state index < -0.39 is 6.36 Å². The number of ether oxygens (including phenoxy) is 1. The van der Waals surface area contributed by atoms with Crippen molar-refractivity contribution in [3.05, 3.63) is 48.5 Å². The number of imidazole rings is 1. The van der Waals surface area contributed by atoms with E-state index in [1.165, 1.54) is 18.2 Å². The molecule has 0 spiro atoms. The summed E-state index contributed by atoms with van der Waals surface area (Å²) < 4.78 is 43.1. The fraction of sp³-hybridized carbons (Fsp3) is 0.133. The van der Waals surface area contributed by atoms with Crippen LogP contribution >= 0.6 is 0 Å². The van der Waals surface area contributed by atoms with Crippen LogP contribution in [0.5, 0.6) is 5.75 Å². The monoisotopic (exact) mass is 307 g/mol. The third-order valence-corrected chi connectivity index (χ3v) is 3.15. The summed E-state index contributed by atoms with van der Waals surface area (Å²) in [6.07, 6.45) is -4.75. The summed E-state index contributed by atoms with van der Waals surface area (Å²) in [6, 6.07) is 13.3. The minimum Gasteiger partial charge on any atom is -0.404 e. The molecule has 0 atom stereocenters. The molecule has 114 valence electrons. The van der Waals surface area contributed by atoms with E-state index in [9.17, 15) is 13.2 Å². The number of anilines is 2. The number of aromatic nitrogens is 2. The number of nitrogens with one attached hydrogen (secondary N) is 1. The lowest BCUT2D eigenvalue weighted by atomic mass is 10.3. The zero-order valence-corrected chi connectivity index (χ0v) is 11.6. The Balaban J connectivity index is 1.97. The summed E-state index contributed by atoms with van der Waals surface area (Å²) in [6.45, 7) is 0. The van der Waals surface area contributed by atoms with E-state index in [1.807, 2.05) is 24.3 Å². The molecule has 0 radical (unpaired) electrons. The Bertz CT molecular complexity index is 811. The molecule has 2 aromatic carbocycles. The van der Waals surface area contributed by atoms with Crippen molar-refractivity contribution in [1.82, 2.24) is 9.55 Å². The predicted octanol–water partition coefficient (Wildman–Crippen LogP) is 4.22. The molecule has 3 rings (SSSR count). The second-order valence-corrected chi connectivity index (χ2v) is 4.65. The van der Waals surface area contributed by atoms with Gasteiger partial charge in [0.25, 0.3) is 0 Å². The van der Waals surface area contributed by atoms with Crippen LogP contribution in [0, 0.1) is 0 Å². The Labute approximate surface area is 124 Å². The SMILES string of the molecule is Cn1c(Nc2ccccc2OC(F)(F)F)nc2ccccc21. The molecule has 0 aliphatic heterocycles. The highest BCUT2D eigenvalue weighted by molar-refractivity contribution is 5.80. The number of nitrogens with zero attached hydrogens (tertiary/aromatic N) is 2. The molecule has 1 N–H and O–H groups in total. The molecule has 1 aromatic heterocycles. The minimum atomic E-state index is -4.75. The molecule has 4 nitrogen and oxygen atoms in total. The molecule has 0 saturated carbocycles. The molecule has 0 unspecified atom stereocenters. The van der Waals surface area contributed by atoms with E-state index in [-0.39, 0.29) is 11.4 Å². The van der Waals surface area contributed by atoms with E-state index >= 15 is 0 Å². The number of hydrogen-bond donors (Lipinski definition) is 1. The van der Waals surface area contributed by atoms with Gasteiger partial charge in [0.05, 0.1) is 16.7 Å². The first-order valence-electron chi connectivity index (χ1n) is 6.47. The van der Waals surface area contributed by atoms with Crippen LogP contribution in [0.4, 0.5) is 24.8 Å². The van der Waals surface area contributed by atoms with Gasteiger partial charge < -0.3 is 14.6 Å². The van der Waals surface area contributed by atoms with Crippen LogP contribution in [0.1, 0.15) is 0 Å². The van der Waals surface area contributed by atoms with Crippen molar-refractivity contribution in [2.24, 2.45) is 7.05 Å². The quantitative estimate of drug-likeness (QED) is 0.787. The highest BCUT2D eigenvalue weighted by atomic mass is 19.4. The first kappa shape index (κ1) is 14.2. The molecular weight excluding hydrogens is 295 g/mol. The van der Waals surface area contributed by atoms with E-state index in [0.717, 1.165) is 11.0 Å². The Morgan fingerprint density at radius 1 is 1.05 bits per heavy atom. The van der Waals surface area contributed by atoms with Crippen LogP contribution in [0.2, 0.25) is 0 Å². The fourth-order valence-corrected chi connectivity index (χ4v) is 2.16.